The molecule has 170 valence electrons. The molecule has 0 spiro atoms. The lowest BCUT2D eigenvalue weighted by atomic mass is 9.99. The SMILES string of the molecule is COc1ccc(-c2cc(=O)c3c(O)cc(O[C@@H]4OC(CO)[C@@H](O)[C@H](O)C4O)cc3o2)cc1. The number of phenols is 1. The monoisotopic (exact) mass is 446 g/mol. The Kier molecular flexibility index (Phi) is 6.04. The van der Waals surface area contributed by atoms with E-state index >= 15 is 0 Å². The van der Waals surface area contributed by atoms with Gasteiger partial charge in [0.05, 0.1) is 13.7 Å². The lowest BCUT2D eigenvalue weighted by Crippen LogP contribution is -2.60. The molecule has 10 heteroatoms. The van der Waals surface area contributed by atoms with Crippen LogP contribution in [0, 0.1) is 0 Å². The molecule has 0 amide bonds. The summed E-state index contributed by atoms with van der Waals surface area (Å²) in [7, 11) is 1.53. The van der Waals surface area contributed by atoms with Gasteiger partial charge in [0.2, 0.25) is 6.29 Å². The van der Waals surface area contributed by atoms with E-state index in [1.165, 1.54) is 19.2 Å². The van der Waals surface area contributed by atoms with Gasteiger partial charge in [0.1, 0.15) is 58.4 Å². The van der Waals surface area contributed by atoms with Crippen LogP contribution in [0.25, 0.3) is 22.3 Å². The smallest absolute Gasteiger partial charge is 0.229 e. The molecule has 2 heterocycles. The van der Waals surface area contributed by atoms with E-state index in [9.17, 15) is 30.3 Å². The molecule has 1 aliphatic rings. The van der Waals surface area contributed by atoms with Gasteiger partial charge in [-0.25, -0.2) is 0 Å². The van der Waals surface area contributed by atoms with Crippen molar-refractivity contribution in [1.82, 2.24) is 0 Å². The van der Waals surface area contributed by atoms with Crippen molar-refractivity contribution in [2.75, 3.05) is 13.7 Å². The van der Waals surface area contributed by atoms with E-state index in [0.717, 1.165) is 6.07 Å². The number of fused-ring (bicyclic) bond motifs is 1. The van der Waals surface area contributed by atoms with Gasteiger partial charge in [0.15, 0.2) is 5.43 Å². The van der Waals surface area contributed by atoms with E-state index in [4.69, 9.17) is 18.6 Å². The highest BCUT2D eigenvalue weighted by atomic mass is 16.7. The molecule has 1 fully saturated rings. The second kappa shape index (κ2) is 8.77. The number of rotatable bonds is 5. The van der Waals surface area contributed by atoms with Crippen LogP contribution in [-0.2, 0) is 4.74 Å². The first kappa shape index (κ1) is 22.1. The van der Waals surface area contributed by atoms with E-state index in [-0.39, 0.29) is 22.5 Å². The van der Waals surface area contributed by atoms with E-state index < -0.39 is 48.5 Å². The Labute approximate surface area is 181 Å². The molecule has 0 saturated carbocycles. The highest BCUT2D eigenvalue weighted by molar-refractivity contribution is 5.86. The molecule has 0 aliphatic carbocycles. The van der Waals surface area contributed by atoms with Crippen LogP contribution in [-0.4, -0.2) is 70.0 Å². The number of phenolic OH excluding ortho intramolecular Hbond substituents is 1. The van der Waals surface area contributed by atoms with Crippen molar-refractivity contribution >= 4 is 11.0 Å². The van der Waals surface area contributed by atoms with Gasteiger partial charge in [-0.05, 0) is 24.3 Å². The van der Waals surface area contributed by atoms with Gasteiger partial charge >= 0.3 is 0 Å². The Morgan fingerprint density at radius 3 is 2.34 bits per heavy atom. The molecule has 5 N–H and O–H groups in total. The van der Waals surface area contributed by atoms with Crippen LogP contribution in [0.5, 0.6) is 17.2 Å². The Balaban J connectivity index is 1.69. The van der Waals surface area contributed by atoms with Crippen molar-refractivity contribution < 1.29 is 44.2 Å². The predicted octanol–water partition coefficient (Wildman–Crippen LogP) is 0.353. The number of methoxy groups -OCH3 is 1. The third kappa shape index (κ3) is 4.01. The molecule has 32 heavy (non-hydrogen) atoms. The molecule has 1 saturated heterocycles. The summed E-state index contributed by atoms with van der Waals surface area (Å²) in [5.74, 6) is 0.422. The number of benzene rings is 2. The van der Waals surface area contributed by atoms with Crippen LogP contribution in [0.2, 0.25) is 0 Å². The molecular formula is C22H22O10. The second-order valence-electron chi connectivity index (χ2n) is 7.33. The molecule has 5 atom stereocenters. The van der Waals surface area contributed by atoms with Crippen LogP contribution in [0.4, 0.5) is 0 Å². The van der Waals surface area contributed by atoms with Gasteiger partial charge < -0.3 is 44.2 Å². The fourth-order valence-electron chi connectivity index (χ4n) is 3.51. The third-order valence-electron chi connectivity index (χ3n) is 5.26. The molecule has 2 unspecified atom stereocenters. The lowest BCUT2D eigenvalue weighted by molar-refractivity contribution is -0.277. The molecule has 1 aliphatic heterocycles. The quantitative estimate of drug-likeness (QED) is 0.370. The molecule has 1 aromatic heterocycles. The molecule has 0 radical (unpaired) electrons. The Morgan fingerprint density at radius 2 is 1.69 bits per heavy atom. The number of aromatic hydroxyl groups is 1. The Morgan fingerprint density at radius 1 is 0.969 bits per heavy atom. The standard InChI is InChI=1S/C22H22O10/c1-29-11-4-2-10(3-5-11)15-8-14(25)18-13(24)6-12(7-16(18)31-15)30-22-21(28)20(27)19(26)17(9-23)32-22/h2-8,17,19-24,26-28H,9H2,1H3/t17?,19-,20+,21?,22-/m1/s1. The Bertz CT molecular complexity index is 1150. The average molecular weight is 446 g/mol. The summed E-state index contributed by atoms with van der Waals surface area (Å²) in [5, 5.41) is 49.6. The number of aliphatic hydroxyl groups excluding tert-OH is 4. The van der Waals surface area contributed by atoms with Gasteiger partial charge in [-0.1, -0.05) is 0 Å². The highest BCUT2D eigenvalue weighted by Crippen LogP contribution is 2.33. The second-order valence-corrected chi connectivity index (χ2v) is 7.33. The zero-order valence-corrected chi connectivity index (χ0v) is 16.9. The lowest BCUT2D eigenvalue weighted by Gasteiger charge is -2.39. The molecule has 3 aromatic rings. The average Bonchev–Trinajstić information content (AvgIpc) is 2.79. The van der Waals surface area contributed by atoms with Gasteiger partial charge in [-0.3, -0.25) is 4.79 Å². The van der Waals surface area contributed by atoms with E-state index in [2.05, 4.69) is 0 Å². The van der Waals surface area contributed by atoms with Crippen LogP contribution in [0.3, 0.4) is 0 Å². The van der Waals surface area contributed by atoms with Crippen molar-refractivity contribution in [3.8, 4) is 28.6 Å². The van der Waals surface area contributed by atoms with Gasteiger partial charge in [0.25, 0.3) is 0 Å². The maximum atomic E-state index is 12.6. The van der Waals surface area contributed by atoms with Crippen molar-refractivity contribution in [3.05, 3.63) is 52.7 Å². The summed E-state index contributed by atoms with van der Waals surface area (Å²) >= 11 is 0. The maximum absolute atomic E-state index is 12.6. The topological polar surface area (TPSA) is 159 Å². The minimum absolute atomic E-state index is 0.0166. The fraction of sp³-hybridized carbons (Fsp3) is 0.318. The van der Waals surface area contributed by atoms with Crippen molar-refractivity contribution in [2.24, 2.45) is 0 Å². The van der Waals surface area contributed by atoms with Crippen molar-refractivity contribution in [2.45, 2.75) is 30.7 Å². The molecule has 2 aromatic carbocycles. The molecular weight excluding hydrogens is 424 g/mol. The van der Waals surface area contributed by atoms with E-state index in [1.807, 2.05) is 0 Å². The number of aliphatic hydroxyl groups is 4. The van der Waals surface area contributed by atoms with Crippen LogP contribution >= 0.6 is 0 Å². The first-order valence-electron chi connectivity index (χ1n) is 9.75. The molecule has 10 nitrogen and oxygen atoms in total. The van der Waals surface area contributed by atoms with Crippen LogP contribution in [0.1, 0.15) is 0 Å². The molecule has 4 rings (SSSR count). The first-order chi connectivity index (χ1) is 15.3. The summed E-state index contributed by atoms with van der Waals surface area (Å²) in [6, 6.07) is 10.5. The maximum Gasteiger partial charge on any atom is 0.229 e. The normalized spacial score (nSPS) is 25.6. The Hall–Kier alpha value is -3.15. The summed E-state index contributed by atoms with van der Waals surface area (Å²) in [6.45, 7) is -0.617. The highest BCUT2D eigenvalue weighted by Gasteiger charge is 2.44. The van der Waals surface area contributed by atoms with Gasteiger partial charge in [0, 0.05) is 23.8 Å². The largest absolute Gasteiger partial charge is 0.507 e. The summed E-state index contributed by atoms with van der Waals surface area (Å²) in [5.41, 5.74) is 0.140. The number of hydrogen-bond donors (Lipinski definition) is 5. The summed E-state index contributed by atoms with van der Waals surface area (Å²) in [4.78, 5) is 12.6. The van der Waals surface area contributed by atoms with Gasteiger partial charge in [-0.15, -0.1) is 0 Å². The minimum Gasteiger partial charge on any atom is -0.507 e. The van der Waals surface area contributed by atoms with E-state index in [0.29, 0.717) is 11.3 Å². The van der Waals surface area contributed by atoms with Crippen LogP contribution < -0.4 is 14.9 Å². The zero-order valence-electron chi connectivity index (χ0n) is 16.9. The third-order valence-corrected chi connectivity index (χ3v) is 5.26. The molecule has 0 bridgehead atoms. The summed E-state index contributed by atoms with van der Waals surface area (Å²) in [6.07, 6.45) is -7.42. The summed E-state index contributed by atoms with van der Waals surface area (Å²) < 4.78 is 21.8. The fourth-order valence-corrected chi connectivity index (χ4v) is 3.51. The number of hydrogen-bond acceptors (Lipinski definition) is 10. The van der Waals surface area contributed by atoms with Crippen LogP contribution in [0.15, 0.2) is 51.7 Å². The van der Waals surface area contributed by atoms with Crippen molar-refractivity contribution in [3.63, 3.8) is 0 Å². The number of ether oxygens (including phenoxy) is 3. The first-order valence-corrected chi connectivity index (χ1v) is 9.75. The van der Waals surface area contributed by atoms with Crippen molar-refractivity contribution in [1.29, 1.82) is 0 Å². The van der Waals surface area contributed by atoms with Gasteiger partial charge in [-0.2, -0.15) is 0 Å². The van der Waals surface area contributed by atoms with E-state index in [1.54, 1.807) is 24.3 Å². The predicted molar refractivity (Wildman–Crippen MR) is 111 cm³/mol. The zero-order chi connectivity index (χ0) is 23.0. The minimum atomic E-state index is -1.64.